The van der Waals surface area contributed by atoms with Crippen LogP contribution < -0.4 is 5.72 Å². The second-order valence-electron chi connectivity index (χ2n) is 4.83. The van der Waals surface area contributed by atoms with Gasteiger partial charge in [-0.1, -0.05) is 0 Å². The Hall–Kier alpha value is -0.455. The molecular formula is C10H14BBrN2O2. The lowest BCUT2D eigenvalue weighted by atomic mass is 9.89. The van der Waals surface area contributed by atoms with Crippen LogP contribution >= 0.6 is 15.9 Å². The highest BCUT2D eigenvalue weighted by molar-refractivity contribution is 9.10. The molecule has 16 heavy (non-hydrogen) atoms. The van der Waals surface area contributed by atoms with E-state index in [0.29, 0.717) is 5.72 Å². The van der Waals surface area contributed by atoms with Gasteiger partial charge in [-0.3, -0.25) is 0 Å². The zero-order chi connectivity index (χ0) is 12.0. The van der Waals surface area contributed by atoms with Gasteiger partial charge in [-0.05, 0) is 49.7 Å². The summed E-state index contributed by atoms with van der Waals surface area (Å²) in [4.78, 5) is 8.40. The molecule has 0 amide bonds. The van der Waals surface area contributed by atoms with Crippen molar-refractivity contribution in [1.29, 1.82) is 0 Å². The second-order valence-corrected chi connectivity index (χ2v) is 5.64. The lowest BCUT2D eigenvalue weighted by Gasteiger charge is -2.32. The van der Waals surface area contributed by atoms with Crippen LogP contribution in [0.2, 0.25) is 0 Å². The van der Waals surface area contributed by atoms with Gasteiger partial charge in [0.25, 0.3) is 0 Å². The molecule has 1 aliphatic heterocycles. The molecule has 0 N–H and O–H groups in total. The Bertz CT molecular complexity index is 396. The van der Waals surface area contributed by atoms with Gasteiger partial charge in [-0.25, -0.2) is 9.97 Å². The third-order valence-electron chi connectivity index (χ3n) is 3.10. The molecular weight excluding hydrogens is 271 g/mol. The summed E-state index contributed by atoms with van der Waals surface area (Å²) in [5, 5.41) is 0. The van der Waals surface area contributed by atoms with Crippen LogP contribution in [-0.4, -0.2) is 28.3 Å². The van der Waals surface area contributed by atoms with Gasteiger partial charge in [0.05, 0.1) is 11.2 Å². The maximum absolute atomic E-state index is 5.84. The number of hydrogen-bond donors (Lipinski definition) is 0. The maximum Gasteiger partial charge on any atom is 0.534 e. The van der Waals surface area contributed by atoms with Crippen molar-refractivity contribution in [2.75, 3.05) is 0 Å². The van der Waals surface area contributed by atoms with Crippen molar-refractivity contribution in [1.82, 2.24) is 9.97 Å². The first-order valence-corrected chi connectivity index (χ1v) is 5.95. The van der Waals surface area contributed by atoms with Crippen molar-refractivity contribution in [3.8, 4) is 0 Å². The Labute approximate surface area is 104 Å². The zero-order valence-corrected chi connectivity index (χ0v) is 11.4. The first-order valence-electron chi connectivity index (χ1n) is 5.16. The summed E-state index contributed by atoms with van der Waals surface area (Å²) in [5.41, 5.74) is -0.166. The molecule has 1 aliphatic rings. The van der Waals surface area contributed by atoms with E-state index in [4.69, 9.17) is 9.31 Å². The summed E-state index contributed by atoms with van der Waals surface area (Å²) in [5.74, 6) is 0. The molecule has 1 aromatic heterocycles. The molecule has 0 saturated carbocycles. The van der Waals surface area contributed by atoms with E-state index < -0.39 is 7.12 Å². The number of rotatable bonds is 1. The van der Waals surface area contributed by atoms with Crippen molar-refractivity contribution < 1.29 is 9.31 Å². The third kappa shape index (κ3) is 2.01. The Kier molecular flexibility index (Phi) is 2.84. The van der Waals surface area contributed by atoms with E-state index in [2.05, 4.69) is 25.9 Å². The lowest BCUT2D eigenvalue weighted by molar-refractivity contribution is 0.00578. The molecule has 0 aliphatic carbocycles. The molecule has 1 saturated heterocycles. The van der Waals surface area contributed by atoms with Crippen LogP contribution in [0.15, 0.2) is 16.9 Å². The summed E-state index contributed by atoms with van der Waals surface area (Å²) in [7, 11) is -0.498. The second kappa shape index (κ2) is 3.79. The fraction of sp³-hybridized carbons (Fsp3) is 0.600. The average Bonchev–Trinajstić information content (AvgIpc) is 2.36. The van der Waals surface area contributed by atoms with Crippen LogP contribution in [0.5, 0.6) is 0 Å². The van der Waals surface area contributed by atoms with Gasteiger partial charge < -0.3 is 9.31 Å². The fourth-order valence-corrected chi connectivity index (χ4v) is 1.71. The summed E-state index contributed by atoms with van der Waals surface area (Å²) in [6.07, 6.45) is 1.68. The molecule has 0 aromatic carbocycles. The molecule has 86 valence electrons. The molecule has 0 unspecified atom stereocenters. The third-order valence-corrected chi connectivity index (χ3v) is 3.55. The molecule has 1 fully saturated rings. The summed E-state index contributed by atoms with van der Waals surface area (Å²) in [6.45, 7) is 8.02. The molecule has 0 bridgehead atoms. The Morgan fingerprint density at radius 1 is 1.19 bits per heavy atom. The number of aromatic nitrogens is 2. The molecule has 6 heteroatoms. The van der Waals surface area contributed by atoms with Crippen LogP contribution in [0.1, 0.15) is 27.7 Å². The van der Waals surface area contributed by atoms with Gasteiger partial charge in [0.2, 0.25) is 0 Å². The van der Waals surface area contributed by atoms with Crippen LogP contribution in [0.4, 0.5) is 0 Å². The minimum absolute atomic E-state index is 0.358. The monoisotopic (exact) mass is 284 g/mol. The van der Waals surface area contributed by atoms with Gasteiger partial charge in [0, 0.05) is 6.20 Å². The van der Waals surface area contributed by atoms with Crippen LogP contribution in [0, 0.1) is 0 Å². The van der Waals surface area contributed by atoms with Gasteiger partial charge in [0.1, 0.15) is 4.60 Å². The SMILES string of the molecule is CC1(C)OB(c2nccc(Br)n2)OC1(C)C. The van der Waals surface area contributed by atoms with Gasteiger partial charge >= 0.3 is 7.12 Å². The van der Waals surface area contributed by atoms with E-state index in [1.807, 2.05) is 27.7 Å². The molecule has 4 nitrogen and oxygen atoms in total. The average molecular weight is 285 g/mol. The van der Waals surface area contributed by atoms with Gasteiger partial charge in [-0.2, -0.15) is 0 Å². The van der Waals surface area contributed by atoms with E-state index in [1.165, 1.54) is 0 Å². The van der Waals surface area contributed by atoms with E-state index in [9.17, 15) is 0 Å². The van der Waals surface area contributed by atoms with Crippen molar-refractivity contribution >= 4 is 28.8 Å². The first-order chi connectivity index (χ1) is 7.32. The smallest absolute Gasteiger partial charge is 0.397 e. The topological polar surface area (TPSA) is 44.2 Å². The minimum atomic E-state index is -0.498. The maximum atomic E-state index is 5.84. The molecule has 2 heterocycles. The van der Waals surface area contributed by atoms with E-state index in [1.54, 1.807) is 12.3 Å². The highest BCUT2D eigenvalue weighted by Gasteiger charge is 2.53. The van der Waals surface area contributed by atoms with E-state index in [0.717, 1.165) is 4.60 Å². The Morgan fingerprint density at radius 2 is 1.75 bits per heavy atom. The normalized spacial score (nSPS) is 22.4. The predicted octanol–water partition coefficient (Wildman–Crippen LogP) is 1.54. The highest BCUT2D eigenvalue weighted by atomic mass is 79.9. The standard InChI is InChI=1S/C10H14BBrN2O2/c1-9(2)10(3,4)16-11(15-9)8-13-6-5-7(12)14-8/h5-6H,1-4H3. The van der Waals surface area contributed by atoms with Crippen LogP contribution in [0.3, 0.4) is 0 Å². The van der Waals surface area contributed by atoms with Crippen molar-refractivity contribution in [3.05, 3.63) is 16.9 Å². The van der Waals surface area contributed by atoms with Crippen LogP contribution in [-0.2, 0) is 9.31 Å². The fourth-order valence-electron chi connectivity index (χ4n) is 1.41. The molecule has 0 atom stereocenters. The Morgan fingerprint density at radius 3 is 2.25 bits per heavy atom. The van der Waals surface area contributed by atoms with Gasteiger partial charge in [-0.15, -0.1) is 0 Å². The quantitative estimate of drug-likeness (QED) is 0.580. The summed E-state index contributed by atoms with van der Waals surface area (Å²) in [6, 6.07) is 1.77. The largest absolute Gasteiger partial charge is 0.534 e. The number of hydrogen-bond acceptors (Lipinski definition) is 4. The van der Waals surface area contributed by atoms with Crippen molar-refractivity contribution in [2.45, 2.75) is 38.9 Å². The van der Waals surface area contributed by atoms with E-state index in [-0.39, 0.29) is 11.2 Å². The Balaban J connectivity index is 2.27. The number of nitrogens with zero attached hydrogens (tertiary/aromatic N) is 2. The van der Waals surface area contributed by atoms with E-state index >= 15 is 0 Å². The zero-order valence-electron chi connectivity index (χ0n) is 9.82. The van der Waals surface area contributed by atoms with Crippen molar-refractivity contribution in [3.63, 3.8) is 0 Å². The summed E-state index contributed by atoms with van der Waals surface area (Å²) < 4.78 is 12.4. The lowest BCUT2D eigenvalue weighted by Crippen LogP contribution is -2.41. The van der Waals surface area contributed by atoms with Crippen LogP contribution in [0.25, 0.3) is 0 Å². The predicted molar refractivity (Wildman–Crippen MR) is 65.4 cm³/mol. The van der Waals surface area contributed by atoms with Crippen molar-refractivity contribution in [2.24, 2.45) is 0 Å². The number of halogens is 1. The van der Waals surface area contributed by atoms with Gasteiger partial charge in [0.15, 0.2) is 5.72 Å². The molecule has 0 radical (unpaired) electrons. The molecule has 1 aromatic rings. The molecule has 2 rings (SSSR count). The first kappa shape index (κ1) is 12.0. The minimum Gasteiger partial charge on any atom is -0.397 e. The molecule has 0 spiro atoms. The summed E-state index contributed by atoms with van der Waals surface area (Å²) >= 11 is 3.30. The highest BCUT2D eigenvalue weighted by Crippen LogP contribution is 2.36.